The van der Waals surface area contributed by atoms with E-state index >= 15 is 0 Å². The quantitative estimate of drug-likeness (QED) is 0.464. The summed E-state index contributed by atoms with van der Waals surface area (Å²) in [5.41, 5.74) is 4.41. The first kappa shape index (κ1) is 16.8. The van der Waals surface area contributed by atoms with Crippen molar-refractivity contribution in [1.29, 1.82) is 0 Å². The second kappa shape index (κ2) is 8.14. The van der Waals surface area contributed by atoms with Gasteiger partial charge in [0.05, 0.1) is 12.2 Å². The molecule has 0 unspecified atom stereocenters. The van der Waals surface area contributed by atoms with Gasteiger partial charge in [0.2, 0.25) is 0 Å². The van der Waals surface area contributed by atoms with Crippen LogP contribution in [0.4, 0.5) is 0 Å². The molecule has 0 amide bonds. The molecule has 2 nitrogen and oxygen atoms in total. The van der Waals surface area contributed by atoms with Crippen molar-refractivity contribution in [2.75, 3.05) is 6.61 Å². The first-order chi connectivity index (χ1) is 11.8. The average molecular weight is 322 g/mol. The van der Waals surface area contributed by atoms with Crippen LogP contribution in [0.3, 0.4) is 0 Å². The highest BCUT2D eigenvalue weighted by atomic mass is 16.5. The van der Waals surface area contributed by atoms with Crippen molar-refractivity contribution in [2.24, 2.45) is 0 Å². The van der Waals surface area contributed by atoms with Crippen LogP contribution in [0.15, 0.2) is 48.5 Å². The first-order valence-electron chi connectivity index (χ1n) is 9.15. The lowest BCUT2D eigenvalue weighted by molar-refractivity contribution is 0.0498. The summed E-state index contributed by atoms with van der Waals surface area (Å²) in [6, 6.07) is 16.6. The van der Waals surface area contributed by atoms with Crippen LogP contribution in [0.5, 0.6) is 0 Å². The van der Waals surface area contributed by atoms with Gasteiger partial charge in [-0.05, 0) is 54.0 Å². The third-order valence-corrected chi connectivity index (χ3v) is 4.92. The highest BCUT2D eigenvalue weighted by Crippen LogP contribution is 2.36. The van der Waals surface area contributed by atoms with E-state index in [1.165, 1.54) is 30.4 Å². The van der Waals surface area contributed by atoms with Crippen LogP contribution >= 0.6 is 0 Å². The van der Waals surface area contributed by atoms with E-state index < -0.39 is 0 Å². The van der Waals surface area contributed by atoms with Crippen LogP contribution in [0.1, 0.15) is 67.3 Å². The fourth-order valence-corrected chi connectivity index (χ4v) is 3.09. The predicted molar refractivity (Wildman–Crippen MR) is 98.3 cm³/mol. The Morgan fingerprint density at radius 2 is 1.58 bits per heavy atom. The van der Waals surface area contributed by atoms with E-state index in [1.807, 2.05) is 24.3 Å². The molecule has 2 heteroatoms. The van der Waals surface area contributed by atoms with Crippen molar-refractivity contribution in [3.05, 3.63) is 59.7 Å². The highest BCUT2D eigenvalue weighted by molar-refractivity contribution is 5.90. The van der Waals surface area contributed by atoms with Gasteiger partial charge in [-0.1, -0.05) is 62.6 Å². The Morgan fingerprint density at radius 3 is 2.12 bits per heavy atom. The number of rotatable bonds is 7. The minimum absolute atomic E-state index is 0.224. The van der Waals surface area contributed by atoms with E-state index in [1.54, 1.807) is 0 Å². The molecular weight excluding hydrogens is 296 g/mol. The van der Waals surface area contributed by atoms with Gasteiger partial charge in [-0.15, -0.1) is 0 Å². The normalized spacial score (nSPS) is 14.2. The molecule has 3 rings (SSSR count). The molecule has 0 spiro atoms. The third-order valence-electron chi connectivity index (χ3n) is 4.92. The SMILES string of the molecule is CCCCCOC(=O)c1ccc(-c2ccc(C3CCC3)cc2)cc1. The van der Waals surface area contributed by atoms with Gasteiger partial charge in [-0.2, -0.15) is 0 Å². The Bertz CT molecular complexity index is 651. The summed E-state index contributed by atoms with van der Waals surface area (Å²) in [4.78, 5) is 12.0. The van der Waals surface area contributed by atoms with Gasteiger partial charge in [0.1, 0.15) is 0 Å². The molecule has 0 heterocycles. The molecule has 24 heavy (non-hydrogen) atoms. The Balaban J connectivity index is 1.60. The number of esters is 1. The number of carbonyl (C=O) groups excluding carboxylic acids is 1. The first-order valence-corrected chi connectivity index (χ1v) is 9.15. The van der Waals surface area contributed by atoms with Crippen molar-refractivity contribution in [3.8, 4) is 11.1 Å². The Morgan fingerprint density at radius 1 is 0.958 bits per heavy atom. The maximum atomic E-state index is 12.0. The van der Waals surface area contributed by atoms with E-state index in [-0.39, 0.29) is 5.97 Å². The number of ether oxygens (including phenoxy) is 1. The molecule has 0 saturated heterocycles. The molecule has 1 aliphatic rings. The second-order valence-electron chi connectivity index (χ2n) is 6.67. The Hall–Kier alpha value is -2.09. The van der Waals surface area contributed by atoms with E-state index in [0.29, 0.717) is 12.2 Å². The molecule has 0 bridgehead atoms. The smallest absolute Gasteiger partial charge is 0.338 e. The van der Waals surface area contributed by atoms with E-state index in [0.717, 1.165) is 30.7 Å². The third kappa shape index (κ3) is 4.05. The summed E-state index contributed by atoms with van der Waals surface area (Å²) >= 11 is 0. The second-order valence-corrected chi connectivity index (χ2v) is 6.67. The maximum absolute atomic E-state index is 12.0. The van der Waals surface area contributed by atoms with Gasteiger partial charge in [0, 0.05) is 0 Å². The Kier molecular flexibility index (Phi) is 5.68. The van der Waals surface area contributed by atoms with Crippen LogP contribution in [0, 0.1) is 0 Å². The average Bonchev–Trinajstić information content (AvgIpc) is 2.58. The van der Waals surface area contributed by atoms with E-state index in [4.69, 9.17) is 4.74 Å². The molecule has 0 radical (unpaired) electrons. The number of hydrogen-bond acceptors (Lipinski definition) is 2. The molecule has 1 fully saturated rings. The highest BCUT2D eigenvalue weighted by Gasteiger charge is 2.19. The van der Waals surface area contributed by atoms with Gasteiger partial charge in [-0.25, -0.2) is 4.79 Å². The zero-order valence-corrected chi connectivity index (χ0v) is 14.5. The number of hydrogen-bond donors (Lipinski definition) is 0. The van der Waals surface area contributed by atoms with Gasteiger partial charge in [-0.3, -0.25) is 0 Å². The molecule has 0 N–H and O–H groups in total. The summed E-state index contributed by atoms with van der Waals surface area (Å²) in [7, 11) is 0. The topological polar surface area (TPSA) is 26.3 Å². The fourth-order valence-electron chi connectivity index (χ4n) is 3.09. The fraction of sp³-hybridized carbons (Fsp3) is 0.409. The maximum Gasteiger partial charge on any atom is 0.338 e. The largest absolute Gasteiger partial charge is 0.462 e. The zero-order valence-electron chi connectivity index (χ0n) is 14.5. The number of benzene rings is 2. The standard InChI is InChI=1S/C22H26O2/c1-2-3-4-16-24-22(23)21-14-12-20(13-15-21)19-10-8-18(9-11-19)17-6-5-7-17/h8-15,17H,2-7,16H2,1H3. The van der Waals surface area contributed by atoms with Gasteiger partial charge >= 0.3 is 5.97 Å². The molecule has 0 aromatic heterocycles. The molecular formula is C22H26O2. The lowest BCUT2D eigenvalue weighted by Gasteiger charge is -2.25. The summed E-state index contributed by atoms with van der Waals surface area (Å²) in [6.07, 6.45) is 7.19. The van der Waals surface area contributed by atoms with Crippen molar-refractivity contribution in [1.82, 2.24) is 0 Å². The van der Waals surface area contributed by atoms with Crippen molar-refractivity contribution in [3.63, 3.8) is 0 Å². The minimum Gasteiger partial charge on any atom is -0.462 e. The van der Waals surface area contributed by atoms with Crippen molar-refractivity contribution in [2.45, 2.75) is 51.4 Å². The van der Waals surface area contributed by atoms with Crippen molar-refractivity contribution >= 4 is 5.97 Å². The van der Waals surface area contributed by atoms with Crippen LogP contribution < -0.4 is 0 Å². The van der Waals surface area contributed by atoms with Gasteiger partial charge in [0.25, 0.3) is 0 Å². The molecule has 0 aliphatic heterocycles. The molecule has 2 aromatic rings. The summed E-state index contributed by atoms with van der Waals surface area (Å²) in [6.45, 7) is 2.65. The monoisotopic (exact) mass is 322 g/mol. The van der Waals surface area contributed by atoms with Gasteiger partial charge < -0.3 is 4.74 Å². The van der Waals surface area contributed by atoms with Crippen LogP contribution in [-0.2, 0) is 4.74 Å². The Labute approximate surface area is 144 Å². The lowest BCUT2D eigenvalue weighted by atomic mass is 9.80. The van der Waals surface area contributed by atoms with E-state index in [9.17, 15) is 4.79 Å². The molecule has 1 aliphatic carbocycles. The summed E-state index contributed by atoms with van der Waals surface area (Å²) in [5, 5.41) is 0. The minimum atomic E-state index is -0.224. The van der Waals surface area contributed by atoms with Crippen molar-refractivity contribution < 1.29 is 9.53 Å². The molecule has 1 saturated carbocycles. The zero-order chi connectivity index (χ0) is 16.8. The molecule has 2 aromatic carbocycles. The predicted octanol–water partition coefficient (Wildman–Crippen LogP) is 5.97. The van der Waals surface area contributed by atoms with Crippen LogP contribution in [-0.4, -0.2) is 12.6 Å². The number of unbranched alkanes of at least 4 members (excludes halogenated alkanes) is 2. The van der Waals surface area contributed by atoms with Crippen LogP contribution in [0.2, 0.25) is 0 Å². The lowest BCUT2D eigenvalue weighted by Crippen LogP contribution is -2.08. The molecule has 126 valence electrons. The summed E-state index contributed by atoms with van der Waals surface area (Å²) < 4.78 is 5.30. The van der Waals surface area contributed by atoms with Crippen LogP contribution in [0.25, 0.3) is 11.1 Å². The van der Waals surface area contributed by atoms with E-state index in [2.05, 4.69) is 31.2 Å². The number of carbonyl (C=O) groups is 1. The molecule has 0 atom stereocenters. The van der Waals surface area contributed by atoms with Gasteiger partial charge in [0.15, 0.2) is 0 Å². The summed E-state index contributed by atoms with van der Waals surface area (Å²) in [5.74, 6) is 0.543.